The molecule has 3 rings (SSSR count). The third kappa shape index (κ3) is 2.56. The number of aliphatic carboxylic acids is 1. The summed E-state index contributed by atoms with van der Waals surface area (Å²) in [4.78, 5) is 25.6. The molecule has 0 radical (unpaired) electrons. The number of aromatic amines is 1. The molecule has 0 fully saturated rings. The van der Waals surface area contributed by atoms with E-state index in [4.69, 9.17) is 5.11 Å². The number of H-pyrrole nitrogens is 1. The van der Waals surface area contributed by atoms with Crippen molar-refractivity contribution >= 4 is 16.9 Å². The van der Waals surface area contributed by atoms with Gasteiger partial charge >= 0.3 is 5.97 Å². The van der Waals surface area contributed by atoms with E-state index in [0.717, 1.165) is 16.5 Å². The van der Waals surface area contributed by atoms with E-state index in [2.05, 4.69) is 4.98 Å². The molecular weight excluding hydrogens is 266 g/mol. The minimum absolute atomic E-state index is 0.120. The highest BCUT2D eigenvalue weighted by Gasteiger charge is 2.10. The van der Waals surface area contributed by atoms with Gasteiger partial charge in [0.15, 0.2) is 0 Å². The van der Waals surface area contributed by atoms with E-state index >= 15 is 0 Å². The van der Waals surface area contributed by atoms with E-state index in [1.807, 2.05) is 42.5 Å². The van der Waals surface area contributed by atoms with Crippen molar-refractivity contribution in [3.8, 4) is 11.1 Å². The quantitative estimate of drug-likeness (QED) is 0.774. The summed E-state index contributed by atoms with van der Waals surface area (Å²) in [5.41, 5.74) is 2.70. The van der Waals surface area contributed by atoms with Gasteiger partial charge in [-0.3, -0.25) is 9.59 Å². The zero-order valence-corrected chi connectivity index (χ0v) is 11.2. The summed E-state index contributed by atoms with van der Waals surface area (Å²) in [5.74, 6) is -0.923. The Bertz CT molecular complexity index is 866. The van der Waals surface area contributed by atoms with E-state index in [1.54, 1.807) is 12.1 Å². The van der Waals surface area contributed by atoms with Crippen molar-refractivity contribution in [1.29, 1.82) is 0 Å². The first-order valence-corrected chi connectivity index (χ1v) is 6.57. The van der Waals surface area contributed by atoms with Gasteiger partial charge in [-0.05, 0) is 16.7 Å². The first-order valence-electron chi connectivity index (χ1n) is 6.57. The summed E-state index contributed by atoms with van der Waals surface area (Å²) in [6, 6.07) is 16.5. The minimum atomic E-state index is -0.923. The maximum atomic E-state index is 11.9. The van der Waals surface area contributed by atoms with E-state index in [0.29, 0.717) is 11.1 Å². The second-order valence-electron chi connectivity index (χ2n) is 4.82. The molecule has 0 spiro atoms. The first kappa shape index (κ1) is 13.1. The van der Waals surface area contributed by atoms with Gasteiger partial charge in [0.2, 0.25) is 5.56 Å². The molecular formula is C17H13NO3. The molecule has 2 aromatic carbocycles. The molecule has 4 nitrogen and oxygen atoms in total. The van der Waals surface area contributed by atoms with Gasteiger partial charge in [0.25, 0.3) is 0 Å². The van der Waals surface area contributed by atoms with E-state index in [9.17, 15) is 9.59 Å². The third-order valence-electron chi connectivity index (χ3n) is 3.39. The molecule has 0 unspecified atom stereocenters. The van der Waals surface area contributed by atoms with Crippen LogP contribution in [0.15, 0.2) is 59.4 Å². The fraction of sp³-hybridized carbons (Fsp3) is 0.0588. The highest BCUT2D eigenvalue weighted by Crippen LogP contribution is 2.27. The van der Waals surface area contributed by atoms with Gasteiger partial charge < -0.3 is 10.1 Å². The normalized spacial score (nSPS) is 10.7. The predicted octanol–water partition coefficient (Wildman–Crippen LogP) is 2.82. The predicted molar refractivity (Wildman–Crippen MR) is 81.3 cm³/mol. The molecule has 1 aromatic heterocycles. The number of carboxylic acids is 1. The van der Waals surface area contributed by atoms with Crippen LogP contribution in [-0.4, -0.2) is 16.1 Å². The number of nitrogens with one attached hydrogen (secondary N) is 1. The average Bonchev–Trinajstić information content (AvgIpc) is 2.47. The Labute approximate surface area is 120 Å². The number of aromatic nitrogens is 1. The molecule has 104 valence electrons. The lowest BCUT2D eigenvalue weighted by molar-refractivity contribution is -0.136. The molecule has 0 saturated heterocycles. The number of fused-ring (bicyclic) bond motifs is 1. The molecule has 0 atom stereocenters. The maximum Gasteiger partial charge on any atom is 0.307 e. The second-order valence-corrected chi connectivity index (χ2v) is 4.82. The second kappa shape index (κ2) is 5.25. The molecule has 0 saturated carbocycles. The molecule has 4 heteroatoms. The smallest absolute Gasteiger partial charge is 0.307 e. The number of para-hydroxylation sites is 1. The van der Waals surface area contributed by atoms with Crippen molar-refractivity contribution in [1.82, 2.24) is 4.98 Å². The van der Waals surface area contributed by atoms with Crippen LogP contribution in [0.2, 0.25) is 0 Å². The highest BCUT2D eigenvalue weighted by molar-refractivity contribution is 5.96. The van der Waals surface area contributed by atoms with E-state index in [-0.39, 0.29) is 12.0 Å². The number of benzene rings is 2. The molecule has 0 aliphatic rings. The number of carboxylic acid groups (broad SMARTS) is 1. The fourth-order valence-corrected chi connectivity index (χ4v) is 2.51. The molecule has 0 aliphatic carbocycles. The van der Waals surface area contributed by atoms with Crippen molar-refractivity contribution in [2.75, 3.05) is 0 Å². The lowest BCUT2D eigenvalue weighted by Gasteiger charge is -2.09. The largest absolute Gasteiger partial charge is 0.481 e. The maximum absolute atomic E-state index is 11.9. The van der Waals surface area contributed by atoms with Gasteiger partial charge in [-0.2, -0.15) is 0 Å². The summed E-state index contributed by atoms with van der Waals surface area (Å²) in [6.45, 7) is 0. The van der Waals surface area contributed by atoms with Gasteiger partial charge in [0.05, 0.1) is 11.9 Å². The van der Waals surface area contributed by atoms with Crippen LogP contribution in [0.25, 0.3) is 22.0 Å². The molecule has 3 aromatic rings. The third-order valence-corrected chi connectivity index (χ3v) is 3.39. The summed E-state index contributed by atoms with van der Waals surface area (Å²) in [5, 5.41) is 9.84. The Hall–Kier alpha value is -2.88. The Morgan fingerprint density at radius 3 is 2.52 bits per heavy atom. The molecule has 21 heavy (non-hydrogen) atoms. The fourth-order valence-electron chi connectivity index (χ4n) is 2.51. The van der Waals surface area contributed by atoms with Crippen molar-refractivity contribution in [3.63, 3.8) is 0 Å². The highest BCUT2D eigenvalue weighted by atomic mass is 16.4. The SMILES string of the molecule is O=C(O)Cc1cccc2c(-c3ccccc3)cc(=O)[nH]c12. The number of hydrogen-bond donors (Lipinski definition) is 2. The monoisotopic (exact) mass is 279 g/mol. The van der Waals surface area contributed by atoms with Crippen molar-refractivity contribution in [2.24, 2.45) is 0 Å². The summed E-state index contributed by atoms with van der Waals surface area (Å²) >= 11 is 0. The molecule has 0 aliphatic heterocycles. The topological polar surface area (TPSA) is 70.2 Å². The van der Waals surface area contributed by atoms with Crippen LogP contribution in [0.1, 0.15) is 5.56 Å². The van der Waals surface area contributed by atoms with Crippen LogP contribution in [-0.2, 0) is 11.2 Å². The van der Waals surface area contributed by atoms with Crippen LogP contribution in [0.4, 0.5) is 0 Å². The minimum Gasteiger partial charge on any atom is -0.481 e. The van der Waals surface area contributed by atoms with Crippen LogP contribution < -0.4 is 5.56 Å². The van der Waals surface area contributed by atoms with Crippen molar-refractivity contribution in [3.05, 3.63) is 70.5 Å². The van der Waals surface area contributed by atoms with Gasteiger partial charge in [-0.1, -0.05) is 48.5 Å². The summed E-state index contributed by atoms with van der Waals surface area (Å²) in [6.07, 6.45) is -0.120. The van der Waals surface area contributed by atoms with Crippen molar-refractivity contribution in [2.45, 2.75) is 6.42 Å². The molecule has 0 amide bonds. The van der Waals surface area contributed by atoms with Gasteiger partial charge in [-0.25, -0.2) is 0 Å². The number of pyridine rings is 1. The van der Waals surface area contributed by atoms with Gasteiger partial charge in [0, 0.05) is 11.5 Å². The summed E-state index contributed by atoms with van der Waals surface area (Å²) in [7, 11) is 0. The Morgan fingerprint density at radius 2 is 1.81 bits per heavy atom. The lowest BCUT2D eigenvalue weighted by Crippen LogP contribution is -2.08. The van der Waals surface area contributed by atoms with Crippen molar-refractivity contribution < 1.29 is 9.90 Å². The average molecular weight is 279 g/mol. The van der Waals surface area contributed by atoms with Gasteiger partial charge in [0.1, 0.15) is 0 Å². The van der Waals surface area contributed by atoms with E-state index < -0.39 is 5.97 Å². The Morgan fingerprint density at radius 1 is 1.05 bits per heavy atom. The van der Waals surface area contributed by atoms with Crippen LogP contribution >= 0.6 is 0 Å². The van der Waals surface area contributed by atoms with E-state index in [1.165, 1.54) is 0 Å². The zero-order chi connectivity index (χ0) is 14.8. The summed E-state index contributed by atoms with van der Waals surface area (Å²) < 4.78 is 0. The first-order chi connectivity index (χ1) is 10.1. The zero-order valence-electron chi connectivity index (χ0n) is 11.2. The van der Waals surface area contributed by atoms with Crippen LogP contribution in [0.3, 0.4) is 0 Å². The Balaban J connectivity index is 2.32. The van der Waals surface area contributed by atoms with Crippen LogP contribution in [0, 0.1) is 0 Å². The Kier molecular flexibility index (Phi) is 3.28. The van der Waals surface area contributed by atoms with Gasteiger partial charge in [-0.15, -0.1) is 0 Å². The standard InChI is InChI=1S/C17H13NO3/c19-15-10-14(11-5-2-1-3-6-11)13-8-4-7-12(9-16(20)21)17(13)18-15/h1-8,10H,9H2,(H,18,19)(H,20,21). The van der Waals surface area contributed by atoms with Crippen LogP contribution in [0.5, 0.6) is 0 Å². The number of hydrogen-bond acceptors (Lipinski definition) is 2. The molecule has 1 heterocycles. The lowest BCUT2D eigenvalue weighted by atomic mass is 9.98. The molecule has 0 bridgehead atoms. The number of carbonyl (C=O) groups is 1. The molecule has 2 N–H and O–H groups in total. The number of rotatable bonds is 3.